The zero-order chi connectivity index (χ0) is 19.8. The van der Waals surface area contributed by atoms with Gasteiger partial charge in [-0.2, -0.15) is 8.78 Å². The molecule has 1 nitrogen and oxygen atoms in total. The van der Waals surface area contributed by atoms with Gasteiger partial charge in [0.05, 0.1) is 5.56 Å². The molecule has 0 radical (unpaired) electrons. The second-order valence-electron chi connectivity index (χ2n) is 6.89. The smallest absolute Gasteiger partial charge is 0.387 e. The quantitative estimate of drug-likeness (QED) is 0.345. The first-order valence-electron chi connectivity index (χ1n) is 9.16. The molecule has 0 aromatic heterocycles. The van der Waals surface area contributed by atoms with Crippen LogP contribution in [-0.2, 0) is 12.8 Å². The van der Waals surface area contributed by atoms with Gasteiger partial charge in [-0.05, 0) is 52.4 Å². The minimum atomic E-state index is -2.95. The van der Waals surface area contributed by atoms with E-state index in [-0.39, 0.29) is 16.9 Å². The Bertz CT molecular complexity index is 1030. The van der Waals surface area contributed by atoms with Crippen LogP contribution in [0.25, 0.3) is 22.3 Å². The third kappa shape index (κ3) is 3.26. The summed E-state index contributed by atoms with van der Waals surface area (Å²) in [6.45, 7) is -0.851. The molecule has 0 heterocycles. The van der Waals surface area contributed by atoms with Gasteiger partial charge in [0.25, 0.3) is 0 Å². The summed E-state index contributed by atoms with van der Waals surface area (Å²) >= 11 is 0. The zero-order valence-corrected chi connectivity index (χ0v) is 15.2. The fourth-order valence-electron chi connectivity index (χ4n) is 3.83. The molecule has 1 aliphatic carbocycles. The van der Waals surface area contributed by atoms with Crippen LogP contribution in [0.1, 0.15) is 30.0 Å². The number of alkyl halides is 2. The van der Waals surface area contributed by atoms with E-state index >= 15 is 4.39 Å². The second-order valence-corrected chi connectivity index (χ2v) is 6.89. The Morgan fingerprint density at radius 3 is 2.39 bits per heavy atom. The highest BCUT2D eigenvalue weighted by Gasteiger charge is 2.27. The van der Waals surface area contributed by atoms with Gasteiger partial charge in [0.1, 0.15) is 17.4 Å². The third-order valence-electron chi connectivity index (χ3n) is 5.05. The second kappa shape index (κ2) is 7.30. The molecule has 0 aliphatic heterocycles. The molecule has 1 aliphatic rings. The number of rotatable bonds is 5. The van der Waals surface area contributed by atoms with E-state index < -0.39 is 18.2 Å². The monoisotopic (exact) mass is 386 g/mol. The van der Waals surface area contributed by atoms with Crippen LogP contribution in [0.15, 0.2) is 48.5 Å². The first kappa shape index (κ1) is 18.5. The van der Waals surface area contributed by atoms with Gasteiger partial charge in [-0.15, -0.1) is 0 Å². The van der Waals surface area contributed by atoms with E-state index in [1.165, 1.54) is 35.9 Å². The van der Waals surface area contributed by atoms with Gasteiger partial charge in [0.15, 0.2) is 0 Å². The van der Waals surface area contributed by atoms with Crippen molar-refractivity contribution in [1.29, 1.82) is 0 Å². The Hall–Kier alpha value is -2.82. The molecular weight excluding hydrogens is 368 g/mol. The Morgan fingerprint density at radius 1 is 0.964 bits per heavy atom. The van der Waals surface area contributed by atoms with Gasteiger partial charge in [-0.1, -0.05) is 43.7 Å². The molecule has 5 heteroatoms. The summed E-state index contributed by atoms with van der Waals surface area (Å²) in [5.41, 5.74) is 4.22. The van der Waals surface area contributed by atoms with E-state index in [4.69, 9.17) is 0 Å². The number of hydrogen-bond donors (Lipinski definition) is 0. The highest BCUT2D eigenvalue weighted by Crippen LogP contribution is 2.42. The number of aryl methyl sites for hydroxylation is 1. The Kier molecular flexibility index (Phi) is 4.84. The lowest BCUT2D eigenvalue weighted by molar-refractivity contribution is -0.0498. The molecule has 3 aromatic carbocycles. The van der Waals surface area contributed by atoms with Gasteiger partial charge < -0.3 is 4.74 Å². The summed E-state index contributed by atoms with van der Waals surface area (Å²) in [5.74, 6) is -1.34. The summed E-state index contributed by atoms with van der Waals surface area (Å²) in [7, 11) is 0. The van der Waals surface area contributed by atoms with Crippen molar-refractivity contribution in [1.82, 2.24) is 0 Å². The van der Waals surface area contributed by atoms with Crippen molar-refractivity contribution >= 4 is 0 Å². The molecule has 0 saturated heterocycles. The molecule has 0 fully saturated rings. The number of hydrogen-bond acceptors (Lipinski definition) is 1. The average Bonchev–Trinajstić information content (AvgIpc) is 3.01. The summed E-state index contributed by atoms with van der Waals surface area (Å²) in [4.78, 5) is 0. The van der Waals surface area contributed by atoms with Gasteiger partial charge in [-0.3, -0.25) is 0 Å². The maximum absolute atomic E-state index is 15.3. The van der Waals surface area contributed by atoms with Crippen molar-refractivity contribution in [3.8, 4) is 28.0 Å². The minimum Gasteiger partial charge on any atom is -0.435 e. The lowest BCUT2D eigenvalue weighted by Crippen LogP contribution is -2.02. The fourth-order valence-corrected chi connectivity index (χ4v) is 3.83. The normalized spacial score (nSPS) is 12.2. The Labute approximate surface area is 160 Å². The van der Waals surface area contributed by atoms with Crippen molar-refractivity contribution in [3.05, 3.63) is 76.9 Å². The molecular formula is C23H18F4O. The van der Waals surface area contributed by atoms with E-state index in [1.54, 1.807) is 0 Å². The van der Waals surface area contributed by atoms with E-state index in [2.05, 4.69) is 17.7 Å². The van der Waals surface area contributed by atoms with Crippen LogP contribution in [0.4, 0.5) is 17.6 Å². The van der Waals surface area contributed by atoms with Crippen LogP contribution in [0.3, 0.4) is 0 Å². The molecule has 3 aromatic rings. The number of ether oxygens (including phenoxy) is 1. The third-order valence-corrected chi connectivity index (χ3v) is 5.05. The van der Waals surface area contributed by atoms with E-state index in [1.807, 2.05) is 12.1 Å². The predicted octanol–water partition coefficient (Wildman–Crippen LogP) is 6.76. The first-order chi connectivity index (χ1) is 13.5. The van der Waals surface area contributed by atoms with Crippen LogP contribution in [0, 0.1) is 11.6 Å². The topological polar surface area (TPSA) is 9.23 Å². The highest BCUT2D eigenvalue weighted by atomic mass is 19.3. The van der Waals surface area contributed by atoms with Crippen molar-refractivity contribution in [2.75, 3.05) is 0 Å². The molecule has 0 saturated carbocycles. The lowest BCUT2D eigenvalue weighted by atomic mass is 9.97. The molecule has 144 valence electrons. The largest absolute Gasteiger partial charge is 0.435 e. The maximum Gasteiger partial charge on any atom is 0.387 e. The van der Waals surface area contributed by atoms with Crippen LogP contribution in [-0.4, -0.2) is 6.61 Å². The molecule has 0 amide bonds. The number of fused-ring (bicyclic) bond motifs is 3. The van der Waals surface area contributed by atoms with E-state index in [0.29, 0.717) is 17.5 Å². The molecule has 0 N–H and O–H groups in total. The van der Waals surface area contributed by atoms with E-state index in [0.717, 1.165) is 24.0 Å². The minimum absolute atomic E-state index is 0.0587. The highest BCUT2D eigenvalue weighted by molar-refractivity contribution is 5.81. The van der Waals surface area contributed by atoms with Gasteiger partial charge in [0, 0.05) is 12.0 Å². The summed E-state index contributed by atoms with van der Waals surface area (Å²) in [5, 5.41) is 0. The molecule has 0 bridgehead atoms. The van der Waals surface area contributed by atoms with E-state index in [9.17, 15) is 13.2 Å². The fraction of sp³-hybridized carbons (Fsp3) is 0.217. The molecule has 0 atom stereocenters. The molecule has 0 spiro atoms. The van der Waals surface area contributed by atoms with Crippen LogP contribution in [0.2, 0.25) is 0 Å². The molecule has 28 heavy (non-hydrogen) atoms. The van der Waals surface area contributed by atoms with Crippen molar-refractivity contribution < 1.29 is 22.3 Å². The average molecular weight is 386 g/mol. The van der Waals surface area contributed by atoms with Gasteiger partial charge in [0.2, 0.25) is 0 Å². The van der Waals surface area contributed by atoms with Crippen molar-refractivity contribution in [3.63, 3.8) is 0 Å². The first-order valence-corrected chi connectivity index (χ1v) is 9.16. The predicted molar refractivity (Wildman–Crippen MR) is 101 cm³/mol. The molecule has 0 unspecified atom stereocenters. The SMILES string of the molecule is CCCc1ccc2c(c1)Cc1c-2cc(F)c(-c2ccc(OC(F)F)cc2)c1F. The maximum atomic E-state index is 15.3. The van der Waals surface area contributed by atoms with Gasteiger partial charge in [-0.25, -0.2) is 8.78 Å². The summed E-state index contributed by atoms with van der Waals surface area (Å²) in [6.07, 6.45) is 2.37. The Balaban J connectivity index is 1.73. The summed E-state index contributed by atoms with van der Waals surface area (Å²) in [6, 6.07) is 12.7. The van der Waals surface area contributed by atoms with Crippen LogP contribution in [0.5, 0.6) is 5.75 Å². The Morgan fingerprint density at radius 2 is 1.71 bits per heavy atom. The number of halogens is 4. The van der Waals surface area contributed by atoms with Crippen LogP contribution < -0.4 is 4.74 Å². The van der Waals surface area contributed by atoms with Crippen molar-refractivity contribution in [2.24, 2.45) is 0 Å². The number of benzene rings is 3. The lowest BCUT2D eigenvalue weighted by Gasteiger charge is -2.11. The zero-order valence-electron chi connectivity index (χ0n) is 15.2. The van der Waals surface area contributed by atoms with Crippen LogP contribution >= 0.6 is 0 Å². The summed E-state index contributed by atoms with van der Waals surface area (Å²) < 4.78 is 58.9. The standard InChI is InChI=1S/C23H18F4O/c1-2-3-13-4-9-17-15(10-13)11-19-18(17)12-20(24)21(22(19)25)14-5-7-16(8-6-14)28-23(26)27/h4-10,12,23H,2-3,11H2,1H3. The molecule has 4 rings (SSSR count). The van der Waals surface area contributed by atoms with Gasteiger partial charge >= 0.3 is 6.61 Å². The van der Waals surface area contributed by atoms with Crippen molar-refractivity contribution in [2.45, 2.75) is 32.8 Å².